The average molecular weight is 500 g/mol. The second-order valence-electron chi connectivity index (χ2n) is 10.8. The van der Waals surface area contributed by atoms with E-state index in [2.05, 4.69) is 11.0 Å². The number of piperidine rings is 2. The lowest BCUT2D eigenvalue weighted by atomic mass is 9.78. The van der Waals surface area contributed by atoms with Crippen LogP contribution in [0, 0.1) is 24.7 Å². The Kier molecular flexibility index (Phi) is 8.54. The van der Waals surface area contributed by atoms with Gasteiger partial charge in [-0.25, -0.2) is 4.79 Å². The first kappa shape index (κ1) is 26.5. The maximum absolute atomic E-state index is 13.2. The SMILES string of the molecule is CCCOC(=O)CN1CCC(C2CCN(C(=O)[C@H](C)Cc3cc(C)c4c(c3)oc(=O)n4C)CC2)CC1. The third kappa shape index (κ3) is 6.02. The van der Waals surface area contributed by atoms with Gasteiger partial charge in [-0.1, -0.05) is 19.9 Å². The number of hydrogen-bond acceptors (Lipinski definition) is 6. The Bertz CT molecular complexity index is 1120. The van der Waals surface area contributed by atoms with E-state index in [0.29, 0.717) is 37.0 Å². The van der Waals surface area contributed by atoms with Gasteiger partial charge in [0.2, 0.25) is 5.91 Å². The van der Waals surface area contributed by atoms with E-state index in [1.165, 1.54) is 4.57 Å². The molecule has 2 aliphatic heterocycles. The lowest BCUT2D eigenvalue weighted by Crippen LogP contribution is -2.45. The van der Waals surface area contributed by atoms with Gasteiger partial charge in [-0.2, -0.15) is 0 Å². The number of rotatable bonds is 8. The molecule has 1 amide bonds. The van der Waals surface area contributed by atoms with Crippen molar-refractivity contribution in [3.05, 3.63) is 33.8 Å². The molecule has 0 unspecified atom stereocenters. The Hall–Kier alpha value is -2.61. The van der Waals surface area contributed by atoms with Crippen molar-refractivity contribution in [2.45, 2.75) is 59.3 Å². The maximum Gasteiger partial charge on any atom is 0.419 e. The number of amides is 1. The molecule has 0 saturated carbocycles. The number of esters is 1. The quantitative estimate of drug-likeness (QED) is 0.517. The van der Waals surface area contributed by atoms with Crippen molar-refractivity contribution in [1.82, 2.24) is 14.4 Å². The topological polar surface area (TPSA) is 85.0 Å². The van der Waals surface area contributed by atoms with Gasteiger partial charge in [0.05, 0.1) is 18.7 Å². The Morgan fingerprint density at radius 2 is 1.72 bits per heavy atom. The predicted octanol–water partition coefficient (Wildman–Crippen LogP) is 3.52. The van der Waals surface area contributed by atoms with Gasteiger partial charge in [0, 0.05) is 26.1 Å². The van der Waals surface area contributed by atoms with Gasteiger partial charge in [-0.3, -0.25) is 19.1 Å². The molecule has 0 bridgehead atoms. The van der Waals surface area contributed by atoms with Crippen LogP contribution < -0.4 is 5.76 Å². The average Bonchev–Trinajstić information content (AvgIpc) is 3.16. The van der Waals surface area contributed by atoms with Gasteiger partial charge in [-0.05, 0) is 87.6 Å². The first-order valence-corrected chi connectivity index (χ1v) is 13.5. The molecule has 0 N–H and O–H groups in total. The minimum atomic E-state index is -0.364. The van der Waals surface area contributed by atoms with E-state index in [9.17, 15) is 14.4 Å². The number of likely N-dealkylation sites (tertiary alicyclic amines) is 2. The van der Waals surface area contributed by atoms with Crippen molar-refractivity contribution < 1.29 is 18.7 Å². The largest absolute Gasteiger partial charge is 0.465 e. The summed E-state index contributed by atoms with van der Waals surface area (Å²) in [5.74, 6) is 0.949. The van der Waals surface area contributed by atoms with Crippen molar-refractivity contribution in [2.24, 2.45) is 24.8 Å². The van der Waals surface area contributed by atoms with Gasteiger partial charge >= 0.3 is 11.7 Å². The summed E-state index contributed by atoms with van der Waals surface area (Å²) in [4.78, 5) is 41.2. The maximum atomic E-state index is 13.2. The van der Waals surface area contributed by atoms with Gasteiger partial charge in [-0.15, -0.1) is 0 Å². The van der Waals surface area contributed by atoms with Crippen LogP contribution in [0.1, 0.15) is 57.1 Å². The fourth-order valence-electron chi connectivity index (χ4n) is 6.07. The van der Waals surface area contributed by atoms with Crippen LogP contribution in [0.15, 0.2) is 21.3 Å². The summed E-state index contributed by atoms with van der Waals surface area (Å²) in [5.41, 5.74) is 3.41. The number of ether oxygens (including phenoxy) is 1. The zero-order chi connectivity index (χ0) is 25.8. The van der Waals surface area contributed by atoms with E-state index >= 15 is 0 Å². The molecule has 3 heterocycles. The Morgan fingerprint density at radius 3 is 2.36 bits per heavy atom. The highest BCUT2D eigenvalue weighted by Gasteiger charge is 2.32. The van der Waals surface area contributed by atoms with E-state index in [1.54, 1.807) is 7.05 Å². The molecule has 1 atom stereocenters. The molecule has 0 spiro atoms. The third-order valence-corrected chi connectivity index (χ3v) is 8.07. The number of fused-ring (bicyclic) bond motifs is 1. The second-order valence-corrected chi connectivity index (χ2v) is 10.8. The van der Waals surface area contributed by atoms with Gasteiger partial charge in [0.15, 0.2) is 5.58 Å². The number of hydrogen-bond donors (Lipinski definition) is 0. The third-order valence-electron chi connectivity index (χ3n) is 8.07. The summed E-state index contributed by atoms with van der Waals surface area (Å²) in [5, 5.41) is 0. The number of aryl methyl sites for hydroxylation is 2. The standard InChI is InChI=1S/C28H41N3O5/c1-5-14-35-25(32)18-30-10-6-22(7-11-30)23-8-12-31(13-9-23)27(33)20(3)16-21-15-19(2)26-24(17-21)36-28(34)29(26)4/h15,17,20,22-23H,5-14,16,18H2,1-4H3/t20-/m1/s1. The summed E-state index contributed by atoms with van der Waals surface area (Å²) < 4.78 is 12.1. The van der Waals surface area contributed by atoms with Crippen LogP contribution in [0.5, 0.6) is 0 Å². The fraction of sp³-hybridized carbons (Fsp3) is 0.679. The van der Waals surface area contributed by atoms with Gasteiger partial charge in [0.1, 0.15) is 0 Å². The second kappa shape index (κ2) is 11.6. The summed E-state index contributed by atoms with van der Waals surface area (Å²) in [6.45, 7) is 10.4. The number of carbonyl (C=O) groups excluding carboxylic acids is 2. The van der Waals surface area contributed by atoms with Gasteiger partial charge < -0.3 is 14.1 Å². The molecule has 8 heteroatoms. The highest BCUT2D eigenvalue weighted by atomic mass is 16.5. The number of nitrogens with zero attached hydrogens (tertiary/aromatic N) is 3. The molecule has 1 aromatic carbocycles. The smallest absolute Gasteiger partial charge is 0.419 e. The molecule has 0 aliphatic carbocycles. The molecule has 2 saturated heterocycles. The Labute approximate surface area is 213 Å². The molecule has 4 rings (SSSR count). The van der Waals surface area contributed by atoms with E-state index in [0.717, 1.165) is 74.9 Å². The summed E-state index contributed by atoms with van der Waals surface area (Å²) in [6, 6.07) is 3.96. The van der Waals surface area contributed by atoms with Crippen LogP contribution in [0.3, 0.4) is 0 Å². The molecule has 2 aliphatic rings. The van der Waals surface area contributed by atoms with Crippen LogP contribution in [0.4, 0.5) is 0 Å². The molecule has 36 heavy (non-hydrogen) atoms. The highest BCUT2D eigenvalue weighted by Crippen LogP contribution is 2.33. The van der Waals surface area contributed by atoms with E-state index < -0.39 is 0 Å². The lowest BCUT2D eigenvalue weighted by molar-refractivity contribution is -0.145. The predicted molar refractivity (Wildman–Crippen MR) is 139 cm³/mol. The van der Waals surface area contributed by atoms with Crippen LogP contribution in [0.2, 0.25) is 0 Å². The Morgan fingerprint density at radius 1 is 1.08 bits per heavy atom. The number of benzene rings is 1. The molecule has 2 aromatic rings. The van der Waals surface area contributed by atoms with Crippen molar-refractivity contribution >= 4 is 23.0 Å². The van der Waals surface area contributed by atoms with Crippen LogP contribution in [-0.4, -0.2) is 65.6 Å². The van der Waals surface area contributed by atoms with E-state index in [-0.39, 0.29) is 23.6 Å². The van der Waals surface area contributed by atoms with Crippen molar-refractivity contribution in [3.63, 3.8) is 0 Å². The number of carbonyl (C=O) groups is 2. The number of aromatic nitrogens is 1. The first-order chi connectivity index (χ1) is 17.3. The molecule has 0 radical (unpaired) electrons. The Balaban J connectivity index is 1.24. The van der Waals surface area contributed by atoms with Gasteiger partial charge in [0.25, 0.3) is 0 Å². The van der Waals surface area contributed by atoms with E-state index in [4.69, 9.17) is 9.15 Å². The normalized spacial score (nSPS) is 19.1. The van der Waals surface area contributed by atoms with Crippen LogP contribution in [-0.2, 0) is 27.8 Å². The fourth-order valence-corrected chi connectivity index (χ4v) is 6.07. The molecule has 198 valence electrons. The molecular formula is C28H41N3O5. The minimum absolute atomic E-state index is 0.111. The minimum Gasteiger partial charge on any atom is -0.465 e. The summed E-state index contributed by atoms with van der Waals surface area (Å²) in [6.07, 6.45) is 5.84. The van der Waals surface area contributed by atoms with Crippen molar-refractivity contribution in [2.75, 3.05) is 39.3 Å². The lowest BCUT2D eigenvalue weighted by Gasteiger charge is -2.40. The molecule has 2 fully saturated rings. The number of oxazole rings is 1. The van der Waals surface area contributed by atoms with E-state index in [1.807, 2.05) is 31.7 Å². The van der Waals surface area contributed by atoms with Crippen molar-refractivity contribution in [3.8, 4) is 0 Å². The van der Waals surface area contributed by atoms with Crippen LogP contribution in [0.25, 0.3) is 11.1 Å². The molecule has 1 aromatic heterocycles. The zero-order valence-electron chi connectivity index (χ0n) is 22.3. The van der Waals surface area contributed by atoms with Crippen LogP contribution >= 0.6 is 0 Å². The zero-order valence-corrected chi connectivity index (χ0v) is 22.3. The first-order valence-electron chi connectivity index (χ1n) is 13.5. The van der Waals surface area contributed by atoms with Crippen molar-refractivity contribution in [1.29, 1.82) is 0 Å². The summed E-state index contributed by atoms with van der Waals surface area (Å²) in [7, 11) is 1.71. The molecular weight excluding hydrogens is 458 g/mol. The monoisotopic (exact) mass is 499 g/mol. The molecule has 8 nitrogen and oxygen atoms in total. The highest BCUT2D eigenvalue weighted by molar-refractivity contribution is 5.80. The summed E-state index contributed by atoms with van der Waals surface area (Å²) >= 11 is 0.